The van der Waals surface area contributed by atoms with Crippen molar-refractivity contribution in [1.82, 2.24) is 40.5 Å². The van der Waals surface area contributed by atoms with Crippen LogP contribution in [0.3, 0.4) is 0 Å². The lowest BCUT2D eigenvalue weighted by atomic mass is 10.1. The molecule has 0 unspecified atom stereocenters. The van der Waals surface area contributed by atoms with Crippen LogP contribution < -0.4 is 20.1 Å². The molecule has 262 valence electrons. The molecule has 12 nitrogen and oxygen atoms in total. The highest BCUT2D eigenvalue weighted by atomic mass is 16.5. The van der Waals surface area contributed by atoms with Crippen LogP contribution in [-0.2, 0) is 13.1 Å². The monoisotopic (exact) mass is 710 g/mol. The van der Waals surface area contributed by atoms with E-state index in [-0.39, 0.29) is 24.9 Å². The zero-order chi connectivity index (χ0) is 36.7. The number of carbonyl (C=O) groups excluding carboxylic acids is 2. The molecule has 2 N–H and O–H groups in total. The molecule has 4 aromatic carbocycles. The summed E-state index contributed by atoms with van der Waals surface area (Å²) >= 11 is 0. The van der Waals surface area contributed by atoms with E-state index < -0.39 is 0 Å². The maximum Gasteiger partial charge on any atom is 0.251 e. The van der Waals surface area contributed by atoms with Gasteiger partial charge in [0.2, 0.25) is 0 Å². The van der Waals surface area contributed by atoms with E-state index in [0.29, 0.717) is 51.3 Å². The predicted molar refractivity (Wildman–Crippen MR) is 202 cm³/mol. The van der Waals surface area contributed by atoms with Gasteiger partial charge in [0.15, 0.2) is 0 Å². The van der Waals surface area contributed by atoms with Crippen molar-refractivity contribution >= 4 is 33.6 Å². The Hall–Kier alpha value is -7.60. The minimum Gasteiger partial charge on any atom is -0.457 e. The second kappa shape index (κ2) is 15.3. The van der Waals surface area contributed by atoms with Crippen LogP contribution in [0.1, 0.15) is 32.2 Å². The molecule has 0 saturated heterocycles. The highest BCUT2D eigenvalue weighted by Crippen LogP contribution is 2.36. The molecule has 8 aromatic rings. The molecule has 0 atom stereocenters. The fraction of sp³-hybridized carbons (Fsp3) is 0.0476. The summed E-state index contributed by atoms with van der Waals surface area (Å²) in [6.45, 7) is 0.451. The summed E-state index contributed by atoms with van der Waals surface area (Å²) < 4.78 is 12.8. The van der Waals surface area contributed by atoms with Gasteiger partial charge < -0.3 is 20.1 Å². The summed E-state index contributed by atoms with van der Waals surface area (Å²) in [6, 6.07) is 32.9. The molecule has 2 amide bonds. The Kier molecular flexibility index (Phi) is 9.52. The van der Waals surface area contributed by atoms with Crippen LogP contribution in [0.5, 0.6) is 23.0 Å². The molecule has 0 radical (unpaired) electrons. The Labute approximate surface area is 309 Å². The van der Waals surface area contributed by atoms with Gasteiger partial charge in [0.25, 0.3) is 11.8 Å². The Morgan fingerprint density at radius 1 is 0.556 bits per heavy atom. The first-order valence-corrected chi connectivity index (χ1v) is 17.0. The Morgan fingerprint density at radius 3 is 2.06 bits per heavy atom. The molecular weight excluding hydrogens is 681 g/mol. The number of rotatable bonds is 11. The van der Waals surface area contributed by atoms with E-state index in [1.807, 2.05) is 48.5 Å². The van der Waals surface area contributed by atoms with Gasteiger partial charge in [-0.05, 0) is 72.8 Å². The number of nitrogens with one attached hydrogen (secondary N) is 2. The molecule has 4 aromatic heterocycles. The maximum atomic E-state index is 13.0. The number of pyridine rings is 2. The van der Waals surface area contributed by atoms with Crippen LogP contribution in [0.4, 0.5) is 0 Å². The largest absolute Gasteiger partial charge is 0.457 e. The molecule has 4 heterocycles. The lowest BCUT2D eigenvalue weighted by molar-refractivity contribution is 0.0942. The molecule has 0 fully saturated rings. The molecule has 0 saturated carbocycles. The minimum atomic E-state index is -0.274. The Bertz CT molecular complexity index is 2620. The molecule has 54 heavy (non-hydrogen) atoms. The number of amides is 2. The number of carbonyl (C=O) groups is 2. The van der Waals surface area contributed by atoms with Gasteiger partial charge in [-0.15, -0.1) is 0 Å². The normalized spacial score (nSPS) is 10.9. The Balaban J connectivity index is 1.05. The van der Waals surface area contributed by atoms with Crippen LogP contribution >= 0.6 is 0 Å². The van der Waals surface area contributed by atoms with Gasteiger partial charge in [-0.1, -0.05) is 30.3 Å². The van der Waals surface area contributed by atoms with Gasteiger partial charge in [-0.3, -0.25) is 24.5 Å². The van der Waals surface area contributed by atoms with Crippen molar-refractivity contribution < 1.29 is 19.1 Å². The summed E-state index contributed by atoms with van der Waals surface area (Å²) in [6.07, 6.45) is 9.71. The van der Waals surface area contributed by atoms with Crippen LogP contribution in [0.15, 0.2) is 146 Å². The van der Waals surface area contributed by atoms with Crippen LogP contribution in [0.25, 0.3) is 33.1 Å². The summed E-state index contributed by atoms with van der Waals surface area (Å²) in [4.78, 5) is 52.0. The molecule has 8 rings (SSSR count). The maximum absolute atomic E-state index is 13.0. The third kappa shape index (κ3) is 7.67. The van der Waals surface area contributed by atoms with Crippen molar-refractivity contribution in [2.45, 2.75) is 13.1 Å². The van der Waals surface area contributed by atoms with Gasteiger partial charge in [0.05, 0.1) is 41.7 Å². The zero-order valence-electron chi connectivity index (χ0n) is 28.6. The van der Waals surface area contributed by atoms with Gasteiger partial charge in [0.1, 0.15) is 28.8 Å². The van der Waals surface area contributed by atoms with Gasteiger partial charge >= 0.3 is 0 Å². The van der Waals surface area contributed by atoms with Crippen LogP contribution in [-0.4, -0.2) is 41.7 Å². The number of hydrogen-bond donors (Lipinski definition) is 2. The SMILES string of the molecule is O=C(NCc1cnccn1)c1cccc(Oc2ccnc3ccc(-c4cc(Oc5cccc(C(=O)NCc6ncccn6)c5)c5ccccc5n4)cc23)c1. The third-order valence-corrected chi connectivity index (χ3v) is 8.40. The smallest absolute Gasteiger partial charge is 0.251 e. The van der Waals surface area contributed by atoms with Crippen molar-refractivity contribution in [1.29, 1.82) is 0 Å². The number of fused-ring (bicyclic) bond motifs is 2. The lowest BCUT2D eigenvalue weighted by Gasteiger charge is -2.14. The zero-order valence-corrected chi connectivity index (χ0v) is 28.6. The molecule has 0 aliphatic carbocycles. The van der Waals surface area contributed by atoms with Crippen molar-refractivity contribution in [3.8, 4) is 34.3 Å². The average molecular weight is 711 g/mol. The first kappa shape index (κ1) is 33.5. The van der Waals surface area contributed by atoms with E-state index >= 15 is 0 Å². The van der Waals surface area contributed by atoms with Crippen molar-refractivity contribution in [3.05, 3.63) is 169 Å². The minimum absolute atomic E-state index is 0.201. The number of ether oxygens (including phenoxy) is 2. The number of benzene rings is 4. The second-order valence-electron chi connectivity index (χ2n) is 12.1. The fourth-order valence-corrected chi connectivity index (χ4v) is 5.78. The summed E-state index contributed by atoms with van der Waals surface area (Å²) in [5, 5.41) is 7.28. The van der Waals surface area contributed by atoms with E-state index in [1.165, 1.54) is 0 Å². The predicted octanol–water partition coefficient (Wildman–Crippen LogP) is 7.47. The number of hydrogen-bond acceptors (Lipinski definition) is 10. The van der Waals surface area contributed by atoms with Gasteiger partial charge in [-0.2, -0.15) is 0 Å². The number of aromatic nitrogens is 6. The summed E-state index contributed by atoms with van der Waals surface area (Å²) in [7, 11) is 0. The quantitative estimate of drug-likeness (QED) is 0.138. The van der Waals surface area contributed by atoms with E-state index in [4.69, 9.17) is 14.5 Å². The summed E-state index contributed by atoms with van der Waals surface area (Å²) in [5.41, 5.74) is 4.46. The van der Waals surface area contributed by atoms with E-state index in [1.54, 1.807) is 97.8 Å². The Morgan fingerprint density at radius 2 is 1.30 bits per heavy atom. The molecule has 0 spiro atoms. The highest BCUT2D eigenvalue weighted by molar-refractivity contribution is 5.96. The first-order chi connectivity index (χ1) is 26.6. The second-order valence-corrected chi connectivity index (χ2v) is 12.1. The van der Waals surface area contributed by atoms with E-state index in [2.05, 4.69) is 35.6 Å². The first-order valence-electron chi connectivity index (χ1n) is 17.0. The van der Waals surface area contributed by atoms with Crippen LogP contribution in [0.2, 0.25) is 0 Å². The topological polar surface area (TPSA) is 154 Å². The van der Waals surface area contributed by atoms with Crippen LogP contribution in [0, 0.1) is 0 Å². The average Bonchev–Trinajstić information content (AvgIpc) is 3.23. The van der Waals surface area contributed by atoms with E-state index in [0.717, 1.165) is 27.4 Å². The standard InChI is InChI=1S/C42H30N8O4/c51-41(48-25-30-24-43-18-19-44-30)28-6-3-8-31(20-28)53-38-14-17-45-35-13-12-27(22-34(35)38)37-23-39(33-10-1-2-11-36(33)50-37)54-32-9-4-7-29(21-32)42(52)49-26-40-46-15-5-16-47-40/h1-24H,25-26H2,(H,48,51)(H,49,52). The number of para-hydroxylation sites is 1. The molecule has 0 bridgehead atoms. The van der Waals surface area contributed by atoms with Crippen molar-refractivity contribution in [3.63, 3.8) is 0 Å². The fourth-order valence-electron chi connectivity index (χ4n) is 5.78. The molecule has 12 heteroatoms. The lowest BCUT2D eigenvalue weighted by Crippen LogP contribution is -2.23. The van der Waals surface area contributed by atoms with Crippen molar-refractivity contribution in [2.24, 2.45) is 0 Å². The van der Waals surface area contributed by atoms with E-state index in [9.17, 15) is 9.59 Å². The molecular formula is C42H30N8O4. The molecule has 0 aliphatic heterocycles. The van der Waals surface area contributed by atoms with Gasteiger partial charge in [-0.25, -0.2) is 15.0 Å². The van der Waals surface area contributed by atoms with Gasteiger partial charge in [0, 0.05) is 64.5 Å². The third-order valence-electron chi connectivity index (χ3n) is 8.40. The number of nitrogens with zero attached hydrogens (tertiary/aromatic N) is 6. The highest BCUT2D eigenvalue weighted by Gasteiger charge is 2.15. The van der Waals surface area contributed by atoms with Crippen molar-refractivity contribution in [2.75, 3.05) is 0 Å². The summed E-state index contributed by atoms with van der Waals surface area (Å²) in [5.74, 6) is 2.09. The molecule has 0 aliphatic rings.